The molecule has 0 radical (unpaired) electrons. The van der Waals surface area contributed by atoms with Gasteiger partial charge in [-0.15, -0.1) is 0 Å². The molecule has 3 saturated carbocycles. The van der Waals surface area contributed by atoms with E-state index in [1.165, 1.54) is 4.90 Å². The Labute approximate surface area is 168 Å². The van der Waals surface area contributed by atoms with Gasteiger partial charge in [0, 0.05) is 29.6 Å². The number of hydrogen-bond acceptors (Lipinski definition) is 5. The SMILES string of the molecule is NCCCN1C(=O)C2C3CCC(C(OC(=O)c4c[nH]c5ccccc45)C3)C2C1=O. The van der Waals surface area contributed by atoms with Crippen molar-refractivity contribution in [3.8, 4) is 0 Å². The number of ether oxygens (including phenoxy) is 1. The third kappa shape index (κ3) is 2.79. The van der Waals surface area contributed by atoms with Crippen LogP contribution in [0.2, 0.25) is 0 Å². The number of amides is 2. The van der Waals surface area contributed by atoms with Gasteiger partial charge in [-0.05, 0) is 44.2 Å². The number of nitrogens with two attached hydrogens (primary N) is 1. The van der Waals surface area contributed by atoms with Crippen molar-refractivity contribution in [1.29, 1.82) is 0 Å². The summed E-state index contributed by atoms with van der Waals surface area (Å²) in [6, 6.07) is 7.60. The normalized spacial score (nSPS) is 30.8. The first-order chi connectivity index (χ1) is 14.1. The van der Waals surface area contributed by atoms with E-state index >= 15 is 0 Å². The molecule has 2 heterocycles. The average molecular weight is 395 g/mol. The van der Waals surface area contributed by atoms with E-state index in [2.05, 4.69) is 4.98 Å². The number of imide groups is 1. The summed E-state index contributed by atoms with van der Waals surface area (Å²) in [6.07, 6.45) is 4.37. The Balaban J connectivity index is 1.37. The molecular weight excluding hydrogens is 370 g/mol. The molecule has 4 aliphatic rings. The molecule has 152 valence electrons. The van der Waals surface area contributed by atoms with Gasteiger partial charge in [0.05, 0.1) is 17.4 Å². The Morgan fingerprint density at radius 3 is 2.79 bits per heavy atom. The maximum absolute atomic E-state index is 13.0. The van der Waals surface area contributed by atoms with Gasteiger partial charge in [0.15, 0.2) is 0 Å². The zero-order valence-corrected chi connectivity index (χ0v) is 16.2. The van der Waals surface area contributed by atoms with E-state index in [4.69, 9.17) is 10.5 Å². The van der Waals surface area contributed by atoms with Crippen molar-refractivity contribution < 1.29 is 19.1 Å². The van der Waals surface area contributed by atoms with Crippen LogP contribution < -0.4 is 5.73 Å². The first-order valence-electron chi connectivity index (χ1n) is 10.4. The average Bonchev–Trinajstić information content (AvgIpc) is 3.28. The van der Waals surface area contributed by atoms with Crippen LogP contribution in [0, 0.1) is 23.7 Å². The molecule has 5 atom stereocenters. The third-order valence-electron chi connectivity index (χ3n) is 7.00. The number of hydrogen-bond donors (Lipinski definition) is 2. The minimum atomic E-state index is -0.367. The Morgan fingerprint density at radius 2 is 1.97 bits per heavy atom. The number of carbonyl (C=O) groups excluding carboxylic acids is 3. The summed E-state index contributed by atoms with van der Waals surface area (Å²) in [4.78, 5) is 43.2. The number of aromatic nitrogens is 1. The fraction of sp³-hybridized carbons (Fsp3) is 0.500. The summed E-state index contributed by atoms with van der Waals surface area (Å²) in [7, 11) is 0. The fourth-order valence-electron chi connectivity index (χ4n) is 5.69. The van der Waals surface area contributed by atoms with Gasteiger partial charge >= 0.3 is 5.97 Å². The maximum Gasteiger partial charge on any atom is 0.340 e. The second kappa shape index (κ2) is 6.99. The summed E-state index contributed by atoms with van der Waals surface area (Å²) in [5, 5.41) is 0.830. The number of rotatable bonds is 5. The first-order valence-corrected chi connectivity index (χ1v) is 10.4. The molecular formula is C22H25N3O4. The number of esters is 1. The van der Waals surface area contributed by atoms with Crippen LogP contribution in [0.5, 0.6) is 0 Å². The number of fused-ring (bicyclic) bond motifs is 3. The minimum Gasteiger partial charge on any atom is -0.458 e. The lowest BCUT2D eigenvalue weighted by molar-refractivity contribution is -0.140. The van der Waals surface area contributed by atoms with Gasteiger partial charge in [-0.25, -0.2) is 4.79 Å². The van der Waals surface area contributed by atoms with E-state index in [1.807, 2.05) is 24.3 Å². The van der Waals surface area contributed by atoms with Crippen LogP contribution in [0.25, 0.3) is 10.9 Å². The van der Waals surface area contributed by atoms with Crippen molar-refractivity contribution in [2.75, 3.05) is 13.1 Å². The van der Waals surface area contributed by atoms with Gasteiger partial charge < -0.3 is 15.5 Å². The highest BCUT2D eigenvalue weighted by atomic mass is 16.5. The van der Waals surface area contributed by atoms with Gasteiger partial charge in [0.2, 0.25) is 11.8 Å². The van der Waals surface area contributed by atoms with Gasteiger partial charge in [0.25, 0.3) is 0 Å². The van der Waals surface area contributed by atoms with Gasteiger partial charge in [-0.2, -0.15) is 0 Å². The van der Waals surface area contributed by atoms with Crippen molar-refractivity contribution in [2.45, 2.75) is 31.8 Å². The van der Waals surface area contributed by atoms with E-state index in [9.17, 15) is 14.4 Å². The van der Waals surface area contributed by atoms with Crippen molar-refractivity contribution in [1.82, 2.24) is 9.88 Å². The molecule has 6 rings (SSSR count). The number of nitrogens with one attached hydrogen (secondary N) is 1. The number of benzene rings is 1. The largest absolute Gasteiger partial charge is 0.458 e. The van der Waals surface area contributed by atoms with Crippen LogP contribution in [0.3, 0.4) is 0 Å². The molecule has 7 nitrogen and oxygen atoms in total. The molecule has 1 aromatic carbocycles. The number of aromatic amines is 1. The highest BCUT2D eigenvalue weighted by Gasteiger charge is 2.61. The molecule has 4 fully saturated rings. The standard InChI is InChI=1S/C22H25N3O4/c23-8-3-9-25-20(26)18-12-6-7-14(19(18)21(25)27)17(10-12)29-22(28)15-11-24-16-5-2-1-4-13(15)16/h1-2,4-5,11-12,14,17-19,24H,3,6-10,23H2. The number of H-pyrrole nitrogens is 1. The Morgan fingerprint density at radius 1 is 1.17 bits per heavy atom. The molecule has 2 bridgehead atoms. The zero-order chi connectivity index (χ0) is 20.1. The summed E-state index contributed by atoms with van der Waals surface area (Å²) < 4.78 is 5.92. The van der Waals surface area contributed by atoms with E-state index in [0.29, 0.717) is 31.5 Å². The molecule has 1 aromatic heterocycles. The lowest BCUT2D eigenvalue weighted by atomic mass is 9.58. The van der Waals surface area contributed by atoms with E-state index < -0.39 is 0 Å². The number of para-hydroxylation sites is 1. The summed E-state index contributed by atoms with van der Waals surface area (Å²) in [5.74, 6) is -1.10. The zero-order valence-electron chi connectivity index (χ0n) is 16.2. The molecule has 3 N–H and O–H groups in total. The topological polar surface area (TPSA) is 105 Å². The second-order valence-corrected chi connectivity index (χ2v) is 8.45. The van der Waals surface area contributed by atoms with Crippen LogP contribution in [-0.2, 0) is 14.3 Å². The fourth-order valence-corrected chi connectivity index (χ4v) is 5.69. The van der Waals surface area contributed by atoms with Crippen molar-refractivity contribution in [2.24, 2.45) is 29.4 Å². The molecule has 0 spiro atoms. The predicted octanol–water partition coefficient (Wildman–Crippen LogP) is 2.07. The summed E-state index contributed by atoms with van der Waals surface area (Å²) in [6.45, 7) is 0.838. The molecule has 29 heavy (non-hydrogen) atoms. The maximum atomic E-state index is 13.0. The van der Waals surface area contributed by atoms with Crippen LogP contribution in [-0.4, -0.2) is 46.9 Å². The highest BCUT2D eigenvalue weighted by molar-refractivity contribution is 6.06. The van der Waals surface area contributed by atoms with Gasteiger partial charge in [-0.3, -0.25) is 14.5 Å². The highest BCUT2D eigenvalue weighted by Crippen LogP contribution is 2.54. The van der Waals surface area contributed by atoms with E-state index in [-0.39, 0.29) is 47.6 Å². The van der Waals surface area contributed by atoms with Gasteiger partial charge in [-0.1, -0.05) is 18.2 Å². The first kappa shape index (κ1) is 18.4. The van der Waals surface area contributed by atoms with Crippen LogP contribution in [0.1, 0.15) is 36.0 Å². The molecule has 1 aliphatic heterocycles. The van der Waals surface area contributed by atoms with Gasteiger partial charge in [0.1, 0.15) is 6.10 Å². The molecule has 5 unspecified atom stereocenters. The Bertz CT molecular complexity index is 983. The molecule has 2 amide bonds. The van der Waals surface area contributed by atoms with Crippen LogP contribution in [0.15, 0.2) is 30.5 Å². The van der Waals surface area contributed by atoms with E-state index in [1.54, 1.807) is 6.20 Å². The monoisotopic (exact) mass is 395 g/mol. The quantitative estimate of drug-likeness (QED) is 0.596. The Kier molecular flexibility index (Phi) is 4.42. The van der Waals surface area contributed by atoms with Crippen molar-refractivity contribution in [3.05, 3.63) is 36.0 Å². The minimum absolute atomic E-state index is 0.0513. The molecule has 1 saturated heterocycles. The lowest BCUT2D eigenvalue weighted by Gasteiger charge is -2.47. The number of likely N-dealkylation sites (tertiary alicyclic amines) is 1. The Hall–Kier alpha value is -2.67. The number of carbonyl (C=O) groups is 3. The van der Waals surface area contributed by atoms with Crippen LogP contribution in [0.4, 0.5) is 0 Å². The summed E-state index contributed by atoms with van der Waals surface area (Å²) in [5.41, 5.74) is 6.96. The van der Waals surface area contributed by atoms with Crippen molar-refractivity contribution >= 4 is 28.7 Å². The molecule has 2 aromatic rings. The summed E-state index contributed by atoms with van der Waals surface area (Å²) >= 11 is 0. The lowest BCUT2D eigenvalue weighted by Crippen LogP contribution is -2.50. The smallest absolute Gasteiger partial charge is 0.340 e. The molecule has 3 aliphatic carbocycles. The third-order valence-corrected chi connectivity index (χ3v) is 7.00. The number of nitrogens with zero attached hydrogens (tertiary/aromatic N) is 1. The van der Waals surface area contributed by atoms with Crippen LogP contribution >= 0.6 is 0 Å². The van der Waals surface area contributed by atoms with E-state index in [0.717, 1.165) is 23.7 Å². The van der Waals surface area contributed by atoms with Crippen molar-refractivity contribution in [3.63, 3.8) is 0 Å². The molecule has 7 heteroatoms. The second-order valence-electron chi connectivity index (χ2n) is 8.45. The predicted molar refractivity (Wildman–Crippen MR) is 106 cm³/mol.